The Morgan fingerprint density at radius 3 is 1.43 bits per heavy atom. The molecule has 0 radical (unpaired) electrons. The van der Waals surface area contributed by atoms with Crippen molar-refractivity contribution in [1.29, 1.82) is 0 Å². The molecule has 0 aliphatic carbocycles. The lowest BCUT2D eigenvalue weighted by molar-refractivity contribution is -0.121. The van der Waals surface area contributed by atoms with Gasteiger partial charge in [-0.25, -0.2) is 8.78 Å². The molecule has 30 heavy (non-hydrogen) atoms. The van der Waals surface area contributed by atoms with Crippen molar-refractivity contribution in [3.63, 3.8) is 0 Å². The minimum absolute atomic E-state index is 0.105. The summed E-state index contributed by atoms with van der Waals surface area (Å²) in [6.07, 6.45) is 0.210. The minimum Gasteiger partial charge on any atom is -0.352 e. The third-order valence-corrected chi connectivity index (χ3v) is 4.48. The molecule has 3 aromatic rings. The molecule has 0 saturated heterocycles. The van der Waals surface area contributed by atoms with E-state index in [0.29, 0.717) is 24.2 Å². The fraction of sp³-hybridized carbons (Fsp3) is 0.167. The van der Waals surface area contributed by atoms with Crippen molar-refractivity contribution in [2.75, 3.05) is 0 Å². The van der Waals surface area contributed by atoms with Crippen molar-refractivity contribution in [3.8, 4) is 0 Å². The van der Waals surface area contributed by atoms with Crippen LogP contribution in [0.15, 0.2) is 72.8 Å². The molecular weight excluding hydrogens is 386 g/mol. The van der Waals surface area contributed by atoms with E-state index in [1.165, 1.54) is 24.3 Å². The van der Waals surface area contributed by atoms with E-state index in [0.717, 1.165) is 11.1 Å². The van der Waals surface area contributed by atoms with Crippen LogP contribution in [0.25, 0.3) is 0 Å². The molecule has 0 heterocycles. The molecule has 3 aromatic carbocycles. The van der Waals surface area contributed by atoms with Gasteiger partial charge in [0.2, 0.25) is 11.8 Å². The molecule has 154 valence electrons. The second-order valence-electron chi connectivity index (χ2n) is 6.99. The summed E-state index contributed by atoms with van der Waals surface area (Å²) in [4.78, 5) is 24.2. The Labute approximate surface area is 173 Å². The zero-order valence-electron chi connectivity index (χ0n) is 16.3. The van der Waals surface area contributed by atoms with E-state index in [4.69, 9.17) is 0 Å². The summed E-state index contributed by atoms with van der Waals surface area (Å²) in [5.41, 5.74) is 3.00. The molecule has 4 nitrogen and oxygen atoms in total. The third kappa shape index (κ3) is 6.81. The van der Waals surface area contributed by atoms with Gasteiger partial charge in [-0.05, 0) is 46.5 Å². The Balaban J connectivity index is 1.47. The first-order valence-electron chi connectivity index (χ1n) is 9.58. The average Bonchev–Trinajstić information content (AvgIpc) is 2.71. The summed E-state index contributed by atoms with van der Waals surface area (Å²) in [5.74, 6) is -1.14. The quantitative estimate of drug-likeness (QED) is 0.597. The van der Waals surface area contributed by atoms with Crippen LogP contribution in [0, 0.1) is 11.6 Å². The zero-order chi connectivity index (χ0) is 21.3. The smallest absolute Gasteiger partial charge is 0.224 e. The van der Waals surface area contributed by atoms with Gasteiger partial charge in [0, 0.05) is 13.1 Å². The first-order valence-corrected chi connectivity index (χ1v) is 9.58. The van der Waals surface area contributed by atoms with Gasteiger partial charge >= 0.3 is 0 Å². The number of hydrogen-bond donors (Lipinski definition) is 2. The Morgan fingerprint density at radius 1 is 0.600 bits per heavy atom. The van der Waals surface area contributed by atoms with Gasteiger partial charge in [0.1, 0.15) is 11.6 Å². The minimum atomic E-state index is -0.368. The molecule has 0 bridgehead atoms. The summed E-state index contributed by atoms with van der Waals surface area (Å²) in [5, 5.41) is 5.63. The molecule has 0 aliphatic rings. The second-order valence-corrected chi connectivity index (χ2v) is 6.99. The fourth-order valence-electron chi connectivity index (χ4n) is 3.04. The maximum atomic E-state index is 13.2. The number of halogens is 2. The SMILES string of the molecule is O=C(Cc1cccc(F)c1)NCc1cccc(CNC(=O)Cc2cccc(F)c2)c1. The Morgan fingerprint density at radius 2 is 1.00 bits per heavy atom. The van der Waals surface area contributed by atoms with Gasteiger partial charge in [0.05, 0.1) is 12.8 Å². The fourth-order valence-corrected chi connectivity index (χ4v) is 3.04. The van der Waals surface area contributed by atoms with Crippen LogP contribution >= 0.6 is 0 Å². The summed E-state index contributed by atoms with van der Waals surface area (Å²) >= 11 is 0. The number of benzene rings is 3. The van der Waals surface area contributed by atoms with Gasteiger partial charge in [-0.15, -0.1) is 0 Å². The molecule has 0 atom stereocenters. The van der Waals surface area contributed by atoms with Crippen LogP contribution in [0.2, 0.25) is 0 Å². The Hall–Kier alpha value is -3.54. The molecule has 0 saturated carbocycles. The van der Waals surface area contributed by atoms with Crippen molar-refractivity contribution in [1.82, 2.24) is 10.6 Å². The van der Waals surface area contributed by atoms with Crippen molar-refractivity contribution >= 4 is 11.8 Å². The van der Waals surface area contributed by atoms with Gasteiger partial charge < -0.3 is 10.6 Å². The highest BCUT2D eigenvalue weighted by atomic mass is 19.1. The largest absolute Gasteiger partial charge is 0.352 e. The lowest BCUT2D eigenvalue weighted by Crippen LogP contribution is -2.25. The highest BCUT2D eigenvalue weighted by molar-refractivity contribution is 5.79. The van der Waals surface area contributed by atoms with Gasteiger partial charge in [-0.2, -0.15) is 0 Å². The summed E-state index contributed by atoms with van der Waals surface area (Å²) in [6.45, 7) is 0.665. The van der Waals surface area contributed by atoms with E-state index in [1.807, 2.05) is 24.3 Å². The van der Waals surface area contributed by atoms with E-state index in [2.05, 4.69) is 10.6 Å². The zero-order valence-corrected chi connectivity index (χ0v) is 16.3. The number of nitrogens with one attached hydrogen (secondary N) is 2. The van der Waals surface area contributed by atoms with Crippen LogP contribution in [0.4, 0.5) is 8.78 Å². The first-order chi connectivity index (χ1) is 14.5. The van der Waals surface area contributed by atoms with Crippen LogP contribution in [0.3, 0.4) is 0 Å². The summed E-state index contributed by atoms with van der Waals surface area (Å²) in [7, 11) is 0. The number of amides is 2. The van der Waals surface area contributed by atoms with Gasteiger partial charge in [0.25, 0.3) is 0 Å². The maximum absolute atomic E-state index is 13.2. The molecule has 0 unspecified atom stereocenters. The molecule has 0 spiro atoms. The molecule has 2 amide bonds. The average molecular weight is 408 g/mol. The highest BCUT2D eigenvalue weighted by Crippen LogP contribution is 2.08. The van der Waals surface area contributed by atoms with Crippen LogP contribution < -0.4 is 10.6 Å². The molecule has 0 aliphatic heterocycles. The lowest BCUT2D eigenvalue weighted by Gasteiger charge is -2.09. The predicted molar refractivity (Wildman–Crippen MR) is 110 cm³/mol. The van der Waals surface area contributed by atoms with E-state index >= 15 is 0 Å². The first kappa shape index (κ1) is 21.2. The predicted octanol–water partition coefficient (Wildman–Crippen LogP) is 3.68. The Bertz CT molecular complexity index is 958. The van der Waals surface area contributed by atoms with Crippen molar-refractivity contribution < 1.29 is 18.4 Å². The molecule has 0 aromatic heterocycles. The maximum Gasteiger partial charge on any atom is 0.224 e. The summed E-state index contributed by atoms with van der Waals surface area (Å²) in [6, 6.07) is 19.4. The normalized spacial score (nSPS) is 10.5. The van der Waals surface area contributed by atoms with Gasteiger partial charge in [-0.3, -0.25) is 9.59 Å². The molecule has 2 N–H and O–H groups in total. The number of carbonyl (C=O) groups is 2. The molecular formula is C24H22F2N2O2. The topological polar surface area (TPSA) is 58.2 Å². The van der Waals surface area contributed by atoms with Crippen molar-refractivity contribution in [2.24, 2.45) is 0 Å². The number of hydrogen-bond acceptors (Lipinski definition) is 2. The third-order valence-electron chi connectivity index (χ3n) is 4.48. The summed E-state index contributed by atoms with van der Waals surface area (Å²) < 4.78 is 26.4. The van der Waals surface area contributed by atoms with Crippen molar-refractivity contribution in [3.05, 3.63) is 107 Å². The molecule has 6 heteroatoms. The standard InChI is InChI=1S/C24H22F2N2O2/c25-21-8-2-4-17(11-21)13-23(29)27-15-19-6-1-7-20(10-19)16-28-24(30)14-18-5-3-9-22(26)12-18/h1-12H,13-16H2,(H,27,29)(H,28,30). The monoisotopic (exact) mass is 408 g/mol. The van der Waals surface area contributed by atoms with Crippen molar-refractivity contribution in [2.45, 2.75) is 25.9 Å². The van der Waals surface area contributed by atoms with Crippen LogP contribution in [-0.2, 0) is 35.5 Å². The van der Waals surface area contributed by atoms with E-state index in [1.54, 1.807) is 24.3 Å². The van der Waals surface area contributed by atoms with Gasteiger partial charge in [0.15, 0.2) is 0 Å². The van der Waals surface area contributed by atoms with Crippen LogP contribution in [0.1, 0.15) is 22.3 Å². The second kappa shape index (κ2) is 10.3. The molecule has 3 rings (SSSR count). The van der Waals surface area contributed by atoms with Crippen LogP contribution in [-0.4, -0.2) is 11.8 Å². The highest BCUT2D eigenvalue weighted by Gasteiger charge is 2.07. The number of rotatable bonds is 8. The van der Waals surface area contributed by atoms with E-state index < -0.39 is 0 Å². The lowest BCUT2D eigenvalue weighted by atomic mass is 10.1. The number of carbonyl (C=O) groups excluding carboxylic acids is 2. The van der Waals surface area contributed by atoms with E-state index in [-0.39, 0.29) is 36.3 Å². The Kier molecular flexibility index (Phi) is 7.27. The van der Waals surface area contributed by atoms with Crippen LogP contribution in [0.5, 0.6) is 0 Å². The van der Waals surface area contributed by atoms with E-state index in [9.17, 15) is 18.4 Å². The van der Waals surface area contributed by atoms with Gasteiger partial charge in [-0.1, -0.05) is 48.5 Å². The molecule has 0 fully saturated rings.